The first-order valence-corrected chi connectivity index (χ1v) is 4.59. The van der Waals surface area contributed by atoms with Crippen LogP contribution in [-0.2, 0) is 103 Å². The van der Waals surface area contributed by atoms with E-state index < -0.39 is 15.6 Å². The monoisotopic (exact) mass is 606 g/mol. The summed E-state index contributed by atoms with van der Waals surface area (Å²) in [6.45, 7) is 0. The van der Waals surface area contributed by atoms with Crippen molar-refractivity contribution in [1.82, 2.24) is 0 Å². The van der Waals surface area contributed by atoms with Crippen molar-refractivity contribution >= 4 is 15.6 Å². The first-order chi connectivity index (χ1) is 3.71. The molecule has 0 saturated heterocycles. The third-order valence-electron chi connectivity index (χ3n) is 0.213. The molecule has 0 aromatic heterocycles. The summed E-state index contributed by atoms with van der Waals surface area (Å²) in [4.78, 5) is 31.0. The van der Waals surface area contributed by atoms with Crippen LogP contribution in [0.25, 0.3) is 0 Å². The molecule has 13 heteroatoms. The number of hydrogen-bond acceptors (Lipinski definition) is 3. The SMILES string of the molecule is O=P(O)(O)OP(=O)(O)O.[Ag].[Ag].[Ag].[Ag]. The van der Waals surface area contributed by atoms with Crippen LogP contribution in [0.2, 0.25) is 0 Å². The van der Waals surface area contributed by atoms with Gasteiger partial charge in [0.05, 0.1) is 0 Å². The van der Waals surface area contributed by atoms with Crippen molar-refractivity contribution in [3.63, 3.8) is 0 Å². The number of hydrogen-bond donors (Lipinski definition) is 4. The Morgan fingerprint density at radius 2 is 0.846 bits per heavy atom. The Balaban J connectivity index is -0.0000000533. The molecule has 7 nitrogen and oxygen atoms in total. The van der Waals surface area contributed by atoms with Crippen molar-refractivity contribution in [1.29, 1.82) is 0 Å². The summed E-state index contributed by atoms with van der Waals surface area (Å²) in [6.07, 6.45) is 0. The predicted molar refractivity (Wildman–Crippen MR) is 25.2 cm³/mol. The molecule has 0 atom stereocenters. The van der Waals surface area contributed by atoms with E-state index in [1.165, 1.54) is 0 Å². The minimum absolute atomic E-state index is 0. The van der Waals surface area contributed by atoms with Gasteiger partial charge in [-0.15, -0.1) is 0 Å². The van der Waals surface area contributed by atoms with Gasteiger partial charge in [-0.05, 0) is 0 Å². The van der Waals surface area contributed by atoms with Crippen LogP contribution >= 0.6 is 15.6 Å². The Kier molecular flexibility index (Phi) is 26.9. The maximum Gasteiger partial charge on any atom is 0.478 e. The smallest absolute Gasteiger partial charge is 0.302 e. The van der Waals surface area contributed by atoms with Crippen molar-refractivity contribution in [2.24, 2.45) is 0 Å². The molecule has 4 radical (unpaired) electrons. The van der Waals surface area contributed by atoms with E-state index in [9.17, 15) is 9.13 Å². The van der Waals surface area contributed by atoms with E-state index >= 15 is 0 Å². The van der Waals surface area contributed by atoms with Gasteiger partial charge in [-0.25, -0.2) is 9.13 Å². The quantitative estimate of drug-likeness (QED) is 0.238. The molecule has 0 aliphatic carbocycles. The molecule has 0 amide bonds. The normalized spacial score (nSPS) is 9.54. The van der Waals surface area contributed by atoms with E-state index in [-0.39, 0.29) is 89.5 Å². The van der Waals surface area contributed by atoms with Crippen LogP contribution < -0.4 is 0 Å². The fourth-order valence-corrected chi connectivity index (χ4v) is 1.25. The van der Waals surface area contributed by atoms with Gasteiger partial charge in [0.15, 0.2) is 0 Å². The van der Waals surface area contributed by atoms with E-state index in [2.05, 4.69) is 4.31 Å². The van der Waals surface area contributed by atoms with Gasteiger partial charge in [-0.2, -0.15) is 4.31 Å². The van der Waals surface area contributed by atoms with Crippen LogP contribution in [0, 0.1) is 0 Å². The van der Waals surface area contributed by atoms with Crippen molar-refractivity contribution < 1.29 is 123 Å². The van der Waals surface area contributed by atoms with Gasteiger partial charge < -0.3 is 19.6 Å². The molecule has 100 valence electrons. The van der Waals surface area contributed by atoms with Crippen molar-refractivity contribution in [3.05, 3.63) is 0 Å². The third-order valence-corrected chi connectivity index (χ3v) is 1.91. The zero-order valence-electron chi connectivity index (χ0n) is 5.11. The van der Waals surface area contributed by atoms with Gasteiger partial charge >= 0.3 is 15.6 Å². The molecule has 0 bridgehead atoms. The summed E-state index contributed by atoms with van der Waals surface area (Å²) in [7, 11) is -10.1. The van der Waals surface area contributed by atoms with Gasteiger partial charge in [-0.1, -0.05) is 0 Å². The minimum Gasteiger partial charge on any atom is -0.302 e. The van der Waals surface area contributed by atoms with E-state index in [4.69, 9.17) is 19.6 Å². The molecular formula is H4Ag4O7P2. The summed E-state index contributed by atoms with van der Waals surface area (Å²) < 4.78 is 22.2. The molecule has 0 rings (SSSR count). The maximum absolute atomic E-state index is 9.63. The molecule has 13 heavy (non-hydrogen) atoms. The van der Waals surface area contributed by atoms with Crippen LogP contribution in [-0.4, -0.2) is 19.6 Å². The molecule has 0 aromatic rings. The average molecular weight is 609 g/mol. The molecule has 0 fully saturated rings. The van der Waals surface area contributed by atoms with Crippen LogP contribution in [0.3, 0.4) is 0 Å². The topological polar surface area (TPSA) is 124 Å². The summed E-state index contributed by atoms with van der Waals surface area (Å²) in [5, 5.41) is 0. The van der Waals surface area contributed by atoms with Gasteiger partial charge in [-0.3, -0.25) is 0 Å². The van der Waals surface area contributed by atoms with Crippen molar-refractivity contribution in [2.45, 2.75) is 0 Å². The van der Waals surface area contributed by atoms with Crippen LogP contribution in [0.4, 0.5) is 0 Å². The summed E-state index contributed by atoms with van der Waals surface area (Å²) in [6, 6.07) is 0. The van der Waals surface area contributed by atoms with Gasteiger partial charge in [0, 0.05) is 89.5 Å². The molecule has 0 saturated carbocycles. The first kappa shape index (κ1) is 29.8. The summed E-state index contributed by atoms with van der Waals surface area (Å²) in [5.74, 6) is 0. The van der Waals surface area contributed by atoms with Crippen molar-refractivity contribution in [3.8, 4) is 0 Å². The Hall–Kier alpha value is 3.22. The second kappa shape index (κ2) is 11.7. The molecule has 0 spiro atoms. The second-order valence-electron chi connectivity index (χ2n) is 1.06. The number of phosphoric acid groups is 2. The Bertz CT molecular complexity index is 159. The largest absolute Gasteiger partial charge is 0.478 e. The van der Waals surface area contributed by atoms with Crippen LogP contribution in [0.15, 0.2) is 0 Å². The summed E-state index contributed by atoms with van der Waals surface area (Å²) in [5.41, 5.74) is 0. The molecular weight excluding hydrogens is 605 g/mol. The molecule has 0 heterocycles. The molecule has 4 N–H and O–H groups in total. The van der Waals surface area contributed by atoms with Crippen LogP contribution in [0.5, 0.6) is 0 Å². The average Bonchev–Trinajstić information content (AvgIpc) is 1.14. The van der Waals surface area contributed by atoms with Crippen LogP contribution in [0.1, 0.15) is 0 Å². The Morgan fingerprint density at radius 3 is 0.846 bits per heavy atom. The van der Waals surface area contributed by atoms with E-state index in [1.54, 1.807) is 0 Å². The van der Waals surface area contributed by atoms with Gasteiger partial charge in [0.25, 0.3) is 0 Å². The predicted octanol–water partition coefficient (Wildman–Crippen LogP) is -0.822. The second-order valence-corrected chi connectivity index (χ2v) is 3.68. The van der Waals surface area contributed by atoms with Gasteiger partial charge in [0.2, 0.25) is 0 Å². The zero-order valence-corrected chi connectivity index (χ0v) is 12.8. The molecule has 0 unspecified atom stereocenters. The Morgan fingerprint density at radius 1 is 0.692 bits per heavy atom. The van der Waals surface area contributed by atoms with Crippen molar-refractivity contribution in [2.75, 3.05) is 0 Å². The van der Waals surface area contributed by atoms with E-state index in [0.717, 1.165) is 0 Å². The van der Waals surface area contributed by atoms with E-state index in [1.807, 2.05) is 0 Å². The summed E-state index contributed by atoms with van der Waals surface area (Å²) >= 11 is 0. The Labute approximate surface area is 136 Å². The standard InChI is InChI=1S/4Ag.H4O7P2/c;;;;1-8(2,3)7-9(4,5)6/h;;;;(H2,1,2,3)(H2,4,5,6). The first-order valence-electron chi connectivity index (χ1n) is 1.53. The van der Waals surface area contributed by atoms with E-state index in [0.29, 0.717) is 0 Å². The third kappa shape index (κ3) is 31.3. The molecule has 0 aliphatic rings. The molecule has 0 aromatic carbocycles. The fourth-order valence-electron chi connectivity index (χ4n) is 0.139. The molecule has 0 aliphatic heterocycles. The fraction of sp³-hybridized carbons (Fsp3) is 0. The van der Waals surface area contributed by atoms with Gasteiger partial charge in [0.1, 0.15) is 0 Å². The number of rotatable bonds is 2. The zero-order chi connectivity index (χ0) is 7.71. The minimum atomic E-state index is -5.05. The maximum atomic E-state index is 9.63.